The third-order valence-electron chi connectivity index (χ3n) is 4.78. The minimum Gasteiger partial charge on any atom is -0.481 e. The lowest BCUT2D eigenvalue weighted by Gasteiger charge is -2.12. The molecule has 0 bridgehead atoms. The Morgan fingerprint density at radius 2 is 2.06 bits per heavy atom. The molecule has 3 rings (SSSR count). The molecule has 0 aliphatic rings. The molecule has 0 spiro atoms. The lowest BCUT2D eigenvalue weighted by atomic mass is 9.95. The van der Waals surface area contributed by atoms with Crippen molar-refractivity contribution in [2.75, 3.05) is 6.61 Å². The summed E-state index contributed by atoms with van der Waals surface area (Å²) in [6.07, 6.45) is 4.18. The van der Waals surface area contributed by atoms with Gasteiger partial charge < -0.3 is 14.4 Å². The standard InChI is InChI=1S/C23H27IN2O4S/c1-15(2)11-19-25-13-18(31-19)23-21(24)22(26-30-23)17(12-20(27)28)9-6-10-29-14-16-7-4-3-5-8-16/h3-5,7-8,13,15,17H,6,9-12,14H2,1-2H3,(H,27,28)/t17-/m0/s1. The molecule has 1 N–H and O–H groups in total. The maximum atomic E-state index is 11.5. The summed E-state index contributed by atoms with van der Waals surface area (Å²) in [6, 6.07) is 10.0. The SMILES string of the molecule is CC(C)Cc1ncc(-c2onc([C@@H](CCCOCc3ccccc3)CC(=O)O)c2I)s1. The van der Waals surface area contributed by atoms with Crippen LogP contribution in [0.25, 0.3) is 10.6 Å². The lowest BCUT2D eigenvalue weighted by Crippen LogP contribution is -2.09. The van der Waals surface area contributed by atoms with Gasteiger partial charge in [-0.05, 0) is 46.9 Å². The summed E-state index contributed by atoms with van der Waals surface area (Å²) >= 11 is 3.81. The molecule has 0 saturated heterocycles. The van der Waals surface area contributed by atoms with E-state index in [9.17, 15) is 9.90 Å². The van der Waals surface area contributed by atoms with E-state index in [1.165, 1.54) is 0 Å². The number of hydrogen-bond acceptors (Lipinski definition) is 6. The molecule has 31 heavy (non-hydrogen) atoms. The number of carboxylic acid groups (broad SMARTS) is 1. The maximum Gasteiger partial charge on any atom is 0.304 e. The number of rotatable bonds is 12. The summed E-state index contributed by atoms with van der Waals surface area (Å²) < 4.78 is 12.3. The number of halogens is 1. The average Bonchev–Trinajstić information content (AvgIpc) is 3.33. The van der Waals surface area contributed by atoms with Crippen LogP contribution in [0, 0.1) is 9.49 Å². The topological polar surface area (TPSA) is 85.5 Å². The Balaban J connectivity index is 1.62. The van der Waals surface area contributed by atoms with Crippen LogP contribution in [0.2, 0.25) is 0 Å². The van der Waals surface area contributed by atoms with Gasteiger partial charge in [0.1, 0.15) is 5.69 Å². The van der Waals surface area contributed by atoms with Crippen LogP contribution in [0.5, 0.6) is 0 Å². The molecule has 166 valence electrons. The van der Waals surface area contributed by atoms with Gasteiger partial charge in [-0.2, -0.15) is 0 Å². The second-order valence-electron chi connectivity index (χ2n) is 7.90. The van der Waals surface area contributed by atoms with Gasteiger partial charge in [-0.3, -0.25) is 4.79 Å². The van der Waals surface area contributed by atoms with Crippen LogP contribution >= 0.6 is 33.9 Å². The fourth-order valence-corrected chi connectivity index (χ4v) is 5.52. The molecule has 1 aromatic carbocycles. The maximum absolute atomic E-state index is 11.5. The molecule has 0 fully saturated rings. The number of carboxylic acids is 1. The monoisotopic (exact) mass is 554 g/mol. The Hall–Kier alpha value is -1.78. The van der Waals surface area contributed by atoms with E-state index in [-0.39, 0.29) is 12.3 Å². The van der Waals surface area contributed by atoms with Crippen molar-refractivity contribution in [3.05, 3.63) is 56.4 Å². The first-order chi connectivity index (χ1) is 14.9. The molecule has 0 unspecified atom stereocenters. The molecule has 8 heteroatoms. The van der Waals surface area contributed by atoms with E-state index in [2.05, 4.69) is 46.6 Å². The van der Waals surface area contributed by atoms with Gasteiger partial charge in [0.15, 0.2) is 5.76 Å². The number of aliphatic carboxylic acids is 1. The van der Waals surface area contributed by atoms with Crippen molar-refractivity contribution < 1.29 is 19.2 Å². The van der Waals surface area contributed by atoms with Gasteiger partial charge in [0.05, 0.1) is 26.5 Å². The first kappa shape index (κ1) is 23.9. The number of benzene rings is 1. The molecule has 0 aliphatic carbocycles. The van der Waals surface area contributed by atoms with Crippen LogP contribution in [0.15, 0.2) is 41.1 Å². The van der Waals surface area contributed by atoms with E-state index in [0.717, 1.165) is 31.9 Å². The zero-order valence-electron chi connectivity index (χ0n) is 17.7. The van der Waals surface area contributed by atoms with Crippen molar-refractivity contribution in [3.63, 3.8) is 0 Å². The van der Waals surface area contributed by atoms with Crippen molar-refractivity contribution in [2.24, 2.45) is 5.92 Å². The second kappa shape index (κ2) is 11.7. The highest BCUT2D eigenvalue weighted by atomic mass is 127. The Morgan fingerprint density at radius 1 is 1.29 bits per heavy atom. The Morgan fingerprint density at radius 3 is 2.77 bits per heavy atom. The van der Waals surface area contributed by atoms with Crippen LogP contribution in [0.4, 0.5) is 0 Å². The molecule has 6 nitrogen and oxygen atoms in total. The number of nitrogens with zero attached hydrogens (tertiary/aromatic N) is 2. The van der Waals surface area contributed by atoms with Crippen molar-refractivity contribution in [1.29, 1.82) is 0 Å². The van der Waals surface area contributed by atoms with E-state index in [0.29, 0.717) is 37.0 Å². The number of aromatic nitrogens is 2. The summed E-state index contributed by atoms with van der Waals surface area (Å²) in [5, 5.41) is 14.7. The lowest BCUT2D eigenvalue weighted by molar-refractivity contribution is -0.137. The van der Waals surface area contributed by atoms with Gasteiger partial charge in [-0.15, -0.1) is 11.3 Å². The summed E-state index contributed by atoms with van der Waals surface area (Å²) in [5.41, 5.74) is 1.83. The Bertz CT molecular complexity index is 971. The highest BCUT2D eigenvalue weighted by Gasteiger charge is 2.26. The predicted octanol–water partition coefficient (Wildman–Crippen LogP) is 6.16. The molecule has 0 radical (unpaired) electrons. The first-order valence-corrected chi connectivity index (χ1v) is 12.3. The molecule has 2 aromatic heterocycles. The summed E-state index contributed by atoms with van der Waals surface area (Å²) in [4.78, 5) is 16.9. The number of ether oxygens (including phenoxy) is 1. The molecular formula is C23H27IN2O4S. The van der Waals surface area contributed by atoms with Gasteiger partial charge >= 0.3 is 5.97 Å². The quantitative estimate of drug-likeness (QED) is 0.213. The number of hydrogen-bond donors (Lipinski definition) is 1. The molecule has 0 saturated carbocycles. The summed E-state index contributed by atoms with van der Waals surface area (Å²) in [7, 11) is 0. The molecule has 2 heterocycles. The third kappa shape index (κ3) is 7.11. The Labute approximate surface area is 200 Å². The van der Waals surface area contributed by atoms with Crippen LogP contribution < -0.4 is 0 Å². The smallest absolute Gasteiger partial charge is 0.304 e. The minimum absolute atomic E-state index is 0.0158. The minimum atomic E-state index is -0.840. The van der Waals surface area contributed by atoms with Crippen molar-refractivity contribution in [1.82, 2.24) is 10.1 Å². The summed E-state index contributed by atoms with van der Waals surface area (Å²) in [6.45, 7) is 5.45. The van der Waals surface area contributed by atoms with E-state index in [1.54, 1.807) is 11.3 Å². The van der Waals surface area contributed by atoms with Crippen LogP contribution in [0.3, 0.4) is 0 Å². The van der Waals surface area contributed by atoms with E-state index in [4.69, 9.17) is 9.26 Å². The highest BCUT2D eigenvalue weighted by molar-refractivity contribution is 14.1. The van der Waals surface area contributed by atoms with E-state index in [1.807, 2.05) is 36.5 Å². The van der Waals surface area contributed by atoms with Crippen molar-refractivity contribution in [3.8, 4) is 10.6 Å². The number of thiazole rings is 1. The van der Waals surface area contributed by atoms with Gasteiger partial charge in [-0.1, -0.05) is 49.3 Å². The van der Waals surface area contributed by atoms with E-state index >= 15 is 0 Å². The van der Waals surface area contributed by atoms with Gasteiger partial charge in [0.25, 0.3) is 0 Å². The molecule has 0 amide bonds. The zero-order valence-corrected chi connectivity index (χ0v) is 20.7. The fraction of sp³-hybridized carbons (Fsp3) is 0.435. The van der Waals surface area contributed by atoms with Gasteiger partial charge in [-0.25, -0.2) is 4.98 Å². The van der Waals surface area contributed by atoms with E-state index < -0.39 is 5.97 Å². The molecule has 3 aromatic rings. The second-order valence-corrected chi connectivity index (χ2v) is 10.1. The van der Waals surface area contributed by atoms with Crippen molar-refractivity contribution in [2.45, 2.75) is 52.1 Å². The Kier molecular flexibility index (Phi) is 9.03. The van der Waals surface area contributed by atoms with Crippen molar-refractivity contribution >= 4 is 39.9 Å². The van der Waals surface area contributed by atoms with Crippen LogP contribution in [0.1, 0.15) is 55.3 Å². The number of carbonyl (C=O) groups is 1. The molecule has 1 atom stereocenters. The third-order valence-corrected chi connectivity index (χ3v) is 6.84. The van der Waals surface area contributed by atoms with Gasteiger partial charge in [0.2, 0.25) is 0 Å². The van der Waals surface area contributed by atoms with Crippen LogP contribution in [-0.2, 0) is 22.6 Å². The van der Waals surface area contributed by atoms with Crippen LogP contribution in [-0.4, -0.2) is 27.8 Å². The largest absolute Gasteiger partial charge is 0.481 e. The molecule has 0 aliphatic heterocycles. The molecular weight excluding hydrogens is 527 g/mol. The summed E-state index contributed by atoms with van der Waals surface area (Å²) in [5.74, 6) is 0.157. The normalized spacial score (nSPS) is 12.4. The van der Waals surface area contributed by atoms with Gasteiger partial charge in [0, 0.05) is 25.1 Å². The fourth-order valence-electron chi connectivity index (χ4n) is 3.30. The highest BCUT2D eigenvalue weighted by Crippen LogP contribution is 2.37. The first-order valence-electron chi connectivity index (χ1n) is 10.4. The zero-order chi connectivity index (χ0) is 22.2. The predicted molar refractivity (Wildman–Crippen MR) is 129 cm³/mol. The average molecular weight is 554 g/mol.